The summed E-state index contributed by atoms with van der Waals surface area (Å²) in [6, 6.07) is 7.23. The fraction of sp³-hybridized carbons (Fsp3) is 0.433. The molecular formula is C30H29NO9. The number of aliphatic hydroxyl groups is 1. The van der Waals surface area contributed by atoms with Gasteiger partial charge in [0, 0.05) is 17.9 Å². The minimum Gasteiger partial charge on any atom is -0.507 e. The van der Waals surface area contributed by atoms with E-state index in [0.717, 1.165) is 5.56 Å². The zero-order valence-electron chi connectivity index (χ0n) is 22.3. The number of Topliss-reactive ketones (excluding diaryl/α,β-unsaturated/α-hetero) is 4. The lowest BCUT2D eigenvalue weighted by Gasteiger charge is -2.48. The number of phenolic OH excluding ortho intramolecular Hbond substituents is 1. The monoisotopic (exact) mass is 547 g/mol. The molecule has 208 valence electrons. The lowest BCUT2D eigenvalue weighted by molar-refractivity contribution is -0.175. The lowest BCUT2D eigenvalue weighted by atomic mass is 9.53. The Hall–Kier alpha value is -4.05. The van der Waals surface area contributed by atoms with Crippen molar-refractivity contribution in [2.45, 2.75) is 51.0 Å². The van der Waals surface area contributed by atoms with Gasteiger partial charge in [-0.05, 0) is 59.1 Å². The molecule has 2 fully saturated rings. The normalized spacial score (nSPS) is 29.1. The summed E-state index contributed by atoms with van der Waals surface area (Å²) >= 11 is 0. The first-order valence-corrected chi connectivity index (χ1v) is 13.2. The van der Waals surface area contributed by atoms with Gasteiger partial charge < -0.3 is 25.4 Å². The van der Waals surface area contributed by atoms with E-state index < -0.39 is 63.7 Å². The van der Waals surface area contributed by atoms with E-state index in [-0.39, 0.29) is 37.4 Å². The maximum Gasteiger partial charge on any atom is 0.235 e. The number of benzene rings is 2. The highest BCUT2D eigenvalue weighted by atomic mass is 16.7. The van der Waals surface area contributed by atoms with Crippen LogP contribution in [-0.2, 0) is 31.0 Å². The maximum absolute atomic E-state index is 14.1. The van der Waals surface area contributed by atoms with Crippen molar-refractivity contribution in [2.75, 3.05) is 6.79 Å². The second-order valence-electron chi connectivity index (χ2n) is 12.2. The van der Waals surface area contributed by atoms with Crippen LogP contribution in [0.25, 0.3) is 11.1 Å². The molecule has 0 bridgehead atoms. The summed E-state index contributed by atoms with van der Waals surface area (Å²) in [5, 5.41) is 22.9. The summed E-state index contributed by atoms with van der Waals surface area (Å²) in [5.41, 5.74) is 4.40. The zero-order valence-corrected chi connectivity index (χ0v) is 22.3. The van der Waals surface area contributed by atoms with Crippen molar-refractivity contribution >= 4 is 29.0 Å². The van der Waals surface area contributed by atoms with Gasteiger partial charge >= 0.3 is 0 Å². The van der Waals surface area contributed by atoms with Gasteiger partial charge in [0.25, 0.3) is 0 Å². The largest absolute Gasteiger partial charge is 0.507 e. The Balaban J connectivity index is 1.52. The van der Waals surface area contributed by atoms with Crippen LogP contribution in [-0.4, -0.2) is 51.6 Å². The first-order valence-electron chi connectivity index (χ1n) is 13.2. The van der Waals surface area contributed by atoms with Gasteiger partial charge in [-0.2, -0.15) is 0 Å². The molecule has 0 aromatic heterocycles. The summed E-state index contributed by atoms with van der Waals surface area (Å²) < 4.78 is 11.0. The predicted molar refractivity (Wildman–Crippen MR) is 139 cm³/mol. The van der Waals surface area contributed by atoms with Crippen LogP contribution in [0.1, 0.15) is 55.1 Å². The van der Waals surface area contributed by atoms with Crippen LogP contribution in [0.15, 0.2) is 24.3 Å². The number of fused-ring (bicyclic) bond motifs is 4. The molecule has 1 amide bonds. The lowest BCUT2D eigenvalue weighted by Crippen LogP contribution is -2.68. The van der Waals surface area contributed by atoms with Crippen molar-refractivity contribution in [2.24, 2.45) is 29.4 Å². The minimum atomic E-state index is -2.68. The SMILES string of the molecule is CC(C)(C)c1cc(-c2ccc3c(c2)OCO3)c2c(c1O)C(=O)C1C(=O)[C@]3(O)C(=O)C(C(N)=O)C(=O)C[C@@H]3C[C@@H]1C2. The number of carbonyl (C=O) groups is 5. The summed E-state index contributed by atoms with van der Waals surface area (Å²) in [7, 11) is 0. The van der Waals surface area contributed by atoms with Gasteiger partial charge in [0.15, 0.2) is 46.2 Å². The molecule has 4 aliphatic rings. The van der Waals surface area contributed by atoms with Crippen LogP contribution in [0.5, 0.6) is 17.2 Å². The smallest absolute Gasteiger partial charge is 0.235 e. The van der Waals surface area contributed by atoms with Crippen LogP contribution in [0.4, 0.5) is 0 Å². The van der Waals surface area contributed by atoms with Crippen LogP contribution >= 0.6 is 0 Å². The van der Waals surface area contributed by atoms with Crippen LogP contribution in [0, 0.1) is 23.7 Å². The number of ketones is 4. The molecule has 2 unspecified atom stereocenters. The van der Waals surface area contributed by atoms with Crippen LogP contribution < -0.4 is 15.2 Å². The van der Waals surface area contributed by atoms with Gasteiger partial charge in [0.1, 0.15) is 5.75 Å². The number of nitrogens with two attached hydrogens (primary N) is 1. The van der Waals surface area contributed by atoms with E-state index in [0.29, 0.717) is 28.2 Å². The Morgan fingerprint density at radius 1 is 1.02 bits per heavy atom. The van der Waals surface area contributed by atoms with E-state index in [2.05, 4.69) is 0 Å². The van der Waals surface area contributed by atoms with E-state index in [1.807, 2.05) is 32.9 Å². The number of rotatable bonds is 2. The summed E-state index contributed by atoms with van der Waals surface area (Å²) in [6.45, 7) is 5.74. The molecule has 0 saturated heterocycles. The van der Waals surface area contributed by atoms with Gasteiger partial charge in [-0.3, -0.25) is 24.0 Å². The Kier molecular flexibility index (Phi) is 5.55. The third-order valence-corrected chi connectivity index (χ3v) is 8.89. The van der Waals surface area contributed by atoms with Crippen molar-refractivity contribution in [1.29, 1.82) is 0 Å². The molecule has 2 aromatic carbocycles. The second-order valence-corrected chi connectivity index (χ2v) is 12.2. The average Bonchev–Trinajstić information content (AvgIpc) is 3.33. The first-order chi connectivity index (χ1) is 18.7. The average molecular weight is 548 g/mol. The summed E-state index contributed by atoms with van der Waals surface area (Å²) in [5.74, 6) is -9.19. The molecular weight excluding hydrogens is 518 g/mol. The molecule has 6 rings (SSSR count). The number of amides is 1. The standard InChI is InChI=1S/C30H29NO9/c1-29(2,3)17-10-15(12-4-5-19-20(8-12)40-11-39-19)16-7-13-6-14-9-18(32)23(28(31)37)27(36)30(14,38)26(35)21(13)25(34)22(16)24(17)33/h4-5,8,10,13-14,21,23,33,38H,6-7,9,11H2,1-3H3,(H2,31,37)/t13-,14+,21?,23?,30+/m1/s1. The Bertz CT molecular complexity index is 1550. The molecule has 10 heteroatoms. The van der Waals surface area contributed by atoms with E-state index in [1.54, 1.807) is 12.1 Å². The fourth-order valence-corrected chi connectivity index (χ4v) is 6.93. The third kappa shape index (κ3) is 3.48. The molecule has 0 radical (unpaired) electrons. The third-order valence-electron chi connectivity index (χ3n) is 8.89. The van der Waals surface area contributed by atoms with E-state index in [4.69, 9.17) is 15.2 Å². The highest BCUT2D eigenvalue weighted by Gasteiger charge is 2.66. The zero-order chi connectivity index (χ0) is 28.9. The highest BCUT2D eigenvalue weighted by Crippen LogP contribution is 2.53. The molecule has 1 heterocycles. The maximum atomic E-state index is 14.1. The molecule has 5 atom stereocenters. The number of hydrogen-bond donors (Lipinski definition) is 3. The predicted octanol–water partition coefficient (Wildman–Crippen LogP) is 2.02. The fourth-order valence-electron chi connectivity index (χ4n) is 6.93. The Morgan fingerprint density at radius 3 is 2.40 bits per heavy atom. The van der Waals surface area contributed by atoms with Crippen molar-refractivity contribution < 1.29 is 43.7 Å². The van der Waals surface area contributed by atoms with Crippen molar-refractivity contribution in [3.05, 3.63) is 41.0 Å². The Labute approximate surface area is 229 Å². The number of phenols is 1. The molecule has 0 spiro atoms. The minimum absolute atomic E-state index is 0.0254. The van der Waals surface area contributed by atoms with E-state index in [1.165, 1.54) is 0 Å². The molecule has 3 aliphatic carbocycles. The molecule has 2 saturated carbocycles. The van der Waals surface area contributed by atoms with Crippen molar-refractivity contribution in [1.82, 2.24) is 0 Å². The molecule has 10 nitrogen and oxygen atoms in total. The van der Waals surface area contributed by atoms with E-state index in [9.17, 15) is 34.2 Å². The van der Waals surface area contributed by atoms with E-state index >= 15 is 0 Å². The van der Waals surface area contributed by atoms with Crippen LogP contribution in [0.3, 0.4) is 0 Å². The Morgan fingerprint density at radius 2 is 1.73 bits per heavy atom. The number of carbonyl (C=O) groups excluding carboxylic acids is 5. The molecule has 4 N–H and O–H groups in total. The van der Waals surface area contributed by atoms with Gasteiger partial charge in [0.05, 0.1) is 11.5 Å². The highest BCUT2D eigenvalue weighted by molar-refractivity contribution is 6.31. The van der Waals surface area contributed by atoms with Gasteiger partial charge in [-0.1, -0.05) is 26.8 Å². The number of primary amides is 1. The quantitative estimate of drug-likeness (QED) is 0.476. The number of ether oxygens (including phenoxy) is 2. The van der Waals surface area contributed by atoms with Crippen molar-refractivity contribution in [3.8, 4) is 28.4 Å². The molecule has 1 aliphatic heterocycles. The number of hydrogen-bond acceptors (Lipinski definition) is 9. The molecule has 2 aromatic rings. The van der Waals surface area contributed by atoms with Gasteiger partial charge in [-0.25, -0.2) is 0 Å². The number of aromatic hydroxyl groups is 1. The van der Waals surface area contributed by atoms with Crippen LogP contribution in [0.2, 0.25) is 0 Å². The van der Waals surface area contributed by atoms with Gasteiger partial charge in [-0.15, -0.1) is 0 Å². The topological polar surface area (TPSA) is 170 Å². The van der Waals surface area contributed by atoms with Crippen molar-refractivity contribution in [3.63, 3.8) is 0 Å². The van der Waals surface area contributed by atoms with Gasteiger partial charge in [0.2, 0.25) is 12.7 Å². The summed E-state index contributed by atoms with van der Waals surface area (Å²) in [6.07, 6.45) is -0.161. The first kappa shape index (κ1) is 26.2. The summed E-state index contributed by atoms with van der Waals surface area (Å²) in [4.78, 5) is 65.6. The molecule has 40 heavy (non-hydrogen) atoms. The second kappa shape index (κ2) is 8.47.